The summed E-state index contributed by atoms with van der Waals surface area (Å²) in [7, 11) is 0. The van der Waals surface area contributed by atoms with Crippen molar-refractivity contribution in [2.45, 2.75) is 0 Å². The number of benzene rings is 2. The molecule has 0 saturated heterocycles. The number of halogens is 1. The normalized spacial score (nSPS) is 10.5. The van der Waals surface area contributed by atoms with Crippen molar-refractivity contribution in [2.24, 2.45) is 0 Å². The van der Waals surface area contributed by atoms with Gasteiger partial charge in [-0.15, -0.1) is 0 Å². The highest BCUT2D eigenvalue weighted by atomic mass is 127. The highest BCUT2D eigenvalue weighted by molar-refractivity contribution is 14.1. The van der Waals surface area contributed by atoms with Crippen LogP contribution in [0.25, 0.3) is 22.4 Å². The smallest absolute Gasteiger partial charge is 0.0783 e. The number of rotatable bonds is 2. The molecule has 2 aromatic carbocycles. The third-order valence-corrected chi connectivity index (χ3v) is 3.69. The van der Waals surface area contributed by atoms with Crippen molar-refractivity contribution in [3.05, 3.63) is 64.4 Å². The first kappa shape index (κ1) is 11.5. The quantitative estimate of drug-likeness (QED) is 0.687. The number of hydrogen-bond acceptors (Lipinski definition) is 1. The summed E-state index contributed by atoms with van der Waals surface area (Å²) in [6.07, 6.45) is 1.83. The maximum Gasteiger partial charge on any atom is 0.0783 e. The molecule has 1 N–H and O–H groups in total. The van der Waals surface area contributed by atoms with Crippen LogP contribution >= 0.6 is 22.6 Å². The van der Waals surface area contributed by atoms with Crippen LogP contribution in [0.5, 0.6) is 0 Å². The van der Waals surface area contributed by atoms with E-state index in [1.165, 1.54) is 11.1 Å². The van der Waals surface area contributed by atoms with E-state index in [2.05, 4.69) is 81.3 Å². The first-order valence-corrected chi connectivity index (χ1v) is 6.77. The predicted octanol–water partition coefficient (Wildman–Crippen LogP) is 4.35. The van der Waals surface area contributed by atoms with Crippen LogP contribution in [-0.4, -0.2) is 10.2 Å². The summed E-state index contributed by atoms with van der Waals surface area (Å²) in [5.74, 6) is 0. The molecule has 0 unspecified atom stereocenters. The Bertz CT molecular complexity index is 642. The van der Waals surface area contributed by atoms with Crippen LogP contribution in [-0.2, 0) is 0 Å². The predicted molar refractivity (Wildman–Crippen MR) is 82.2 cm³/mol. The van der Waals surface area contributed by atoms with Crippen LogP contribution in [0.2, 0.25) is 0 Å². The molecular weight excluding hydrogens is 335 g/mol. The van der Waals surface area contributed by atoms with Crippen molar-refractivity contribution in [1.82, 2.24) is 10.2 Å². The average molecular weight is 346 g/mol. The van der Waals surface area contributed by atoms with E-state index in [1.807, 2.05) is 12.3 Å². The standard InChI is InChI=1S/C15H11IN2/c16-14-10-17-18-15(14)13-8-6-12(7-9-13)11-4-2-1-3-5-11/h1-10H,(H,17,18). The number of nitrogens with one attached hydrogen (secondary N) is 1. The Morgan fingerprint density at radius 2 is 1.39 bits per heavy atom. The summed E-state index contributed by atoms with van der Waals surface area (Å²) in [5.41, 5.74) is 4.71. The minimum absolute atomic E-state index is 1.08. The average Bonchev–Trinajstić information content (AvgIpc) is 2.86. The molecule has 0 aliphatic heterocycles. The molecule has 0 amide bonds. The Labute approximate surface area is 119 Å². The van der Waals surface area contributed by atoms with Crippen LogP contribution in [0.1, 0.15) is 0 Å². The van der Waals surface area contributed by atoms with Crippen molar-refractivity contribution in [2.75, 3.05) is 0 Å². The topological polar surface area (TPSA) is 28.7 Å². The highest BCUT2D eigenvalue weighted by Gasteiger charge is 2.05. The molecule has 0 spiro atoms. The number of aromatic amines is 1. The molecule has 3 rings (SSSR count). The molecule has 0 bridgehead atoms. The molecule has 18 heavy (non-hydrogen) atoms. The zero-order valence-electron chi connectivity index (χ0n) is 9.60. The van der Waals surface area contributed by atoms with E-state index in [9.17, 15) is 0 Å². The summed E-state index contributed by atoms with van der Waals surface area (Å²) in [6.45, 7) is 0. The molecular formula is C15H11IN2. The summed E-state index contributed by atoms with van der Waals surface area (Å²) in [6, 6.07) is 18.9. The molecule has 2 nitrogen and oxygen atoms in total. The second-order valence-electron chi connectivity index (χ2n) is 4.04. The van der Waals surface area contributed by atoms with Crippen LogP contribution in [0.3, 0.4) is 0 Å². The van der Waals surface area contributed by atoms with E-state index in [1.54, 1.807) is 0 Å². The molecule has 3 heteroatoms. The monoisotopic (exact) mass is 346 g/mol. The number of H-pyrrole nitrogens is 1. The fourth-order valence-electron chi connectivity index (χ4n) is 1.93. The van der Waals surface area contributed by atoms with Crippen molar-refractivity contribution < 1.29 is 0 Å². The maximum absolute atomic E-state index is 4.05. The minimum atomic E-state index is 1.08. The molecule has 1 aromatic heterocycles. The second kappa shape index (κ2) is 4.94. The molecule has 0 radical (unpaired) electrons. The number of hydrogen-bond donors (Lipinski definition) is 1. The Morgan fingerprint density at radius 3 is 2.00 bits per heavy atom. The van der Waals surface area contributed by atoms with Crippen LogP contribution < -0.4 is 0 Å². The molecule has 0 aliphatic rings. The number of aromatic nitrogens is 2. The van der Waals surface area contributed by atoms with Gasteiger partial charge in [-0.1, -0.05) is 54.6 Å². The summed E-state index contributed by atoms with van der Waals surface area (Å²) in [5, 5.41) is 7.07. The van der Waals surface area contributed by atoms with Crippen LogP contribution in [0.4, 0.5) is 0 Å². The van der Waals surface area contributed by atoms with Gasteiger partial charge in [-0.05, 0) is 33.7 Å². The van der Waals surface area contributed by atoms with Gasteiger partial charge in [-0.3, -0.25) is 5.10 Å². The zero-order chi connectivity index (χ0) is 12.4. The van der Waals surface area contributed by atoms with Gasteiger partial charge in [-0.2, -0.15) is 5.10 Å². The van der Waals surface area contributed by atoms with Gasteiger partial charge in [0.1, 0.15) is 0 Å². The summed E-state index contributed by atoms with van der Waals surface area (Å²) < 4.78 is 1.14. The largest absolute Gasteiger partial charge is 0.277 e. The van der Waals surface area contributed by atoms with Gasteiger partial charge in [-0.25, -0.2) is 0 Å². The van der Waals surface area contributed by atoms with Gasteiger partial charge >= 0.3 is 0 Å². The molecule has 3 aromatic rings. The van der Waals surface area contributed by atoms with E-state index in [0.29, 0.717) is 0 Å². The lowest BCUT2D eigenvalue weighted by molar-refractivity contribution is 1.10. The van der Waals surface area contributed by atoms with E-state index < -0.39 is 0 Å². The van der Waals surface area contributed by atoms with Gasteiger partial charge in [0.05, 0.1) is 15.5 Å². The lowest BCUT2D eigenvalue weighted by Crippen LogP contribution is -1.82. The van der Waals surface area contributed by atoms with E-state index in [-0.39, 0.29) is 0 Å². The van der Waals surface area contributed by atoms with Crippen LogP contribution in [0, 0.1) is 3.57 Å². The molecule has 88 valence electrons. The Hall–Kier alpha value is -1.62. The van der Waals surface area contributed by atoms with E-state index >= 15 is 0 Å². The zero-order valence-corrected chi connectivity index (χ0v) is 11.8. The maximum atomic E-state index is 4.05. The van der Waals surface area contributed by atoms with Crippen molar-refractivity contribution in [1.29, 1.82) is 0 Å². The van der Waals surface area contributed by atoms with Crippen molar-refractivity contribution in [3.63, 3.8) is 0 Å². The fraction of sp³-hybridized carbons (Fsp3) is 0. The Morgan fingerprint density at radius 1 is 0.778 bits per heavy atom. The molecule has 0 fully saturated rings. The molecule has 0 atom stereocenters. The molecule has 1 heterocycles. The minimum Gasteiger partial charge on any atom is -0.277 e. The van der Waals surface area contributed by atoms with Gasteiger partial charge in [0, 0.05) is 5.56 Å². The highest BCUT2D eigenvalue weighted by Crippen LogP contribution is 2.26. The molecule has 0 aliphatic carbocycles. The van der Waals surface area contributed by atoms with Crippen molar-refractivity contribution >= 4 is 22.6 Å². The summed E-state index contributed by atoms with van der Waals surface area (Å²) >= 11 is 2.29. The molecule has 0 saturated carbocycles. The lowest BCUT2D eigenvalue weighted by Gasteiger charge is -2.03. The van der Waals surface area contributed by atoms with Gasteiger partial charge in [0.2, 0.25) is 0 Å². The van der Waals surface area contributed by atoms with E-state index in [0.717, 1.165) is 14.8 Å². The van der Waals surface area contributed by atoms with Gasteiger partial charge < -0.3 is 0 Å². The van der Waals surface area contributed by atoms with Crippen molar-refractivity contribution in [3.8, 4) is 22.4 Å². The fourth-order valence-corrected chi connectivity index (χ4v) is 2.51. The third-order valence-electron chi connectivity index (χ3n) is 2.87. The summed E-state index contributed by atoms with van der Waals surface area (Å²) in [4.78, 5) is 0. The second-order valence-corrected chi connectivity index (χ2v) is 5.20. The Kier molecular flexibility index (Phi) is 3.15. The first-order valence-electron chi connectivity index (χ1n) is 5.69. The lowest BCUT2D eigenvalue weighted by atomic mass is 10.0. The van der Waals surface area contributed by atoms with E-state index in [4.69, 9.17) is 0 Å². The van der Waals surface area contributed by atoms with Gasteiger partial charge in [0.25, 0.3) is 0 Å². The Balaban J connectivity index is 1.97. The number of nitrogens with zero attached hydrogens (tertiary/aromatic N) is 1. The third kappa shape index (κ3) is 2.18. The van der Waals surface area contributed by atoms with Crippen LogP contribution in [0.15, 0.2) is 60.8 Å². The first-order chi connectivity index (χ1) is 8.84. The SMILES string of the molecule is Ic1cn[nH]c1-c1ccc(-c2ccccc2)cc1. The van der Waals surface area contributed by atoms with Gasteiger partial charge in [0.15, 0.2) is 0 Å².